The number of thiophene rings is 1. The van der Waals surface area contributed by atoms with Gasteiger partial charge in [0.15, 0.2) is 0 Å². The molecule has 1 aliphatic heterocycles. The Labute approximate surface area is 144 Å². The lowest BCUT2D eigenvalue weighted by Gasteiger charge is -2.40. The van der Waals surface area contributed by atoms with Gasteiger partial charge in [0.2, 0.25) is 0 Å². The van der Waals surface area contributed by atoms with Gasteiger partial charge < -0.3 is 4.90 Å². The summed E-state index contributed by atoms with van der Waals surface area (Å²) in [6.07, 6.45) is 2.68. The van der Waals surface area contributed by atoms with Crippen molar-refractivity contribution in [3.05, 3.63) is 70.3 Å². The van der Waals surface area contributed by atoms with Gasteiger partial charge in [0.1, 0.15) is 5.82 Å². The predicted molar refractivity (Wildman–Crippen MR) is 94.9 cm³/mol. The lowest BCUT2D eigenvalue weighted by Crippen LogP contribution is -2.45. The minimum atomic E-state index is 0.0125. The van der Waals surface area contributed by atoms with Crippen LogP contribution in [0.4, 0.5) is 0 Å². The number of carbonyl (C=O) groups is 1. The maximum absolute atomic E-state index is 13.1. The molecular formula is C19H17N3OS. The van der Waals surface area contributed by atoms with Gasteiger partial charge >= 0.3 is 0 Å². The number of hydrogen-bond acceptors (Lipinski definition) is 4. The molecule has 1 fully saturated rings. The van der Waals surface area contributed by atoms with Crippen LogP contribution in [-0.4, -0.2) is 27.3 Å². The van der Waals surface area contributed by atoms with Crippen molar-refractivity contribution in [2.45, 2.75) is 19.4 Å². The van der Waals surface area contributed by atoms with E-state index in [1.165, 1.54) is 4.88 Å². The van der Waals surface area contributed by atoms with Crippen molar-refractivity contribution in [3.63, 3.8) is 0 Å². The fourth-order valence-electron chi connectivity index (χ4n) is 3.00. The summed E-state index contributed by atoms with van der Waals surface area (Å²) >= 11 is 1.70. The molecule has 0 spiro atoms. The molecule has 3 heterocycles. The zero-order chi connectivity index (χ0) is 16.5. The second-order valence-corrected chi connectivity index (χ2v) is 6.84. The van der Waals surface area contributed by atoms with E-state index in [2.05, 4.69) is 21.4 Å². The molecule has 1 atom stereocenters. The third kappa shape index (κ3) is 2.61. The number of carbonyl (C=O) groups excluding carboxylic acids is 1. The zero-order valence-corrected chi connectivity index (χ0v) is 14.2. The van der Waals surface area contributed by atoms with Crippen LogP contribution in [0, 0.1) is 6.92 Å². The fraction of sp³-hybridized carbons (Fsp3) is 0.211. The van der Waals surface area contributed by atoms with Crippen molar-refractivity contribution in [1.82, 2.24) is 14.9 Å². The van der Waals surface area contributed by atoms with Gasteiger partial charge in [0, 0.05) is 23.2 Å². The molecule has 1 aromatic carbocycles. The normalized spacial score (nSPS) is 16.7. The van der Waals surface area contributed by atoms with E-state index < -0.39 is 0 Å². The molecule has 0 unspecified atom stereocenters. The number of benzene rings is 1. The van der Waals surface area contributed by atoms with Crippen LogP contribution >= 0.6 is 11.3 Å². The molecule has 3 aromatic rings. The minimum Gasteiger partial charge on any atom is -0.331 e. The van der Waals surface area contributed by atoms with E-state index in [1.807, 2.05) is 48.2 Å². The van der Waals surface area contributed by atoms with Crippen molar-refractivity contribution < 1.29 is 4.79 Å². The van der Waals surface area contributed by atoms with E-state index in [0.29, 0.717) is 17.1 Å². The van der Waals surface area contributed by atoms with Gasteiger partial charge in [-0.15, -0.1) is 11.3 Å². The summed E-state index contributed by atoms with van der Waals surface area (Å²) in [7, 11) is 0. The smallest absolute Gasteiger partial charge is 0.258 e. The van der Waals surface area contributed by atoms with Gasteiger partial charge in [-0.3, -0.25) is 4.79 Å². The average Bonchev–Trinajstić information content (AvgIpc) is 3.08. The lowest BCUT2D eigenvalue weighted by molar-refractivity contribution is 0.0468. The second-order valence-electron chi connectivity index (χ2n) is 5.86. The van der Waals surface area contributed by atoms with Crippen LogP contribution in [0.1, 0.15) is 33.5 Å². The topological polar surface area (TPSA) is 46.1 Å². The highest BCUT2D eigenvalue weighted by molar-refractivity contribution is 7.10. The molecule has 0 aliphatic carbocycles. The Morgan fingerprint density at radius 3 is 2.71 bits per heavy atom. The molecule has 0 saturated carbocycles. The molecule has 4 nitrogen and oxygen atoms in total. The number of hydrogen-bond donors (Lipinski definition) is 0. The summed E-state index contributed by atoms with van der Waals surface area (Å²) < 4.78 is 0. The monoisotopic (exact) mass is 335 g/mol. The first-order valence-corrected chi connectivity index (χ1v) is 8.85. The van der Waals surface area contributed by atoms with E-state index in [4.69, 9.17) is 0 Å². The van der Waals surface area contributed by atoms with Crippen molar-refractivity contribution in [1.29, 1.82) is 0 Å². The van der Waals surface area contributed by atoms with Crippen molar-refractivity contribution in [2.24, 2.45) is 0 Å². The Hall–Kier alpha value is -2.53. The Kier molecular flexibility index (Phi) is 3.86. The van der Waals surface area contributed by atoms with Gasteiger partial charge in [-0.05, 0) is 24.8 Å². The van der Waals surface area contributed by atoms with Crippen molar-refractivity contribution in [2.75, 3.05) is 6.54 Å². The summed E-state index contributed by atoms with van der Waals surface area (Å²) in [4.78, 5) is 25.0. The largest absolute Gasteiger partial charge is 0.331 e. The van der Waals surface area contributed by atoms with E-state index >= 15 is 0 Å². The van der Waals surface area contributed by atoms with Crippen LogP contribution in [0.15, 0.2) is 54.0 Å². The highest BCUT2D eigenvalue weighted by Gasteiger charge is 2.35. The summed E-state index contributed by atoms with van der Waals surface area (Å²) in [6, 6.07) is 14.1. The van der Waals surface area contributed by atoms with Crippen molar-refractivity contribution >= 4 is 17.2 Å². The number of aryl methyl sites for hydroxylation is 1. The number of rotatable bonds is 3. The number of aromatic nitrogens is 2. The first kappa shape index (κ1) is 15.0. The third-order valence-electron chi connectivity index (χ3n) is 4.34. The fourth-order valence-corrected chi connectivity index (χ4v) is 3.88. The molecular weight excluding hydrogens is 318 g/mol. The first-order valence-electron chi connectivity index (χ1n) is 7.97. The Morgan fingerprint density at radius 1 is 1.21 bits per heavy atom. The standard InChI is InChI=1S/C19H17N3OS/c1-13-20-12-15(18(21-13)14-6-3-2-4-7-14)19(23)22-10-9-16(22)17-8-5-11-24-17/h2-8,11-12,16H,9-10H2,1H3/t16-/m0/s1. The van der Waals surface area contributed by atoms with Crippen LogP contribution in [0.25, 0.3) is 11.3 Å². The highest BCUT2D eigenvalue weighted by atomic mass is 32.1. The predicted octanol–water partition coefficient (Wildman–Crippen LogP) is 4.10. The molecule has 1 amide bonds. The van der Waals surface area contributed by atoms with E-state index in [9.17, 15) is 4.79 Å². The van der Waals surface area contributed by atoms with E-state index in [-0.39, 0.29) is 11.9 Å². The Balaban J connectivity index is 1.70. The maximum Gasteiger partial charge on any atom is 0.258 e. The van der Waals surface area contributed by atoms with Crippen molar-refractivity contribution in [3.8, 4) is 11.3 Å². The highest BCUT2D eigenvalue weighted by Crippen LogP contribution is 2.37. The number of nitrogens with zero attached hydrogens (tertiary/aromatic N) is 3. The average molecular weight is 335 g/mol. The summed E-state index contributed by atoms with van der Waals surface area (Å²) in [6.45, 7) is 2.63. The minimum absolute atomic E-state index is 0.0125. The van der Waals surface area contributed by atoms with Crippen LogP contribution in [0.3, 0.4) is 0 Å². The zero-order valence-electron chi connectivity index (χ0n) is 13.3. The molecule has 0 bridgehead atoms. The molecule has 120 valence electrons. The SMILES string of the molecule is Cc1ncc(C(=O)N2CC[C@H]2c2cccs2)c(-c2ccccc2)n1. The van der Waals surface area contributed by atoms with Gasteiger partial charge in [-0.1, -0.05) is 36.4 Å². The van der Waals surface area contributed by atoms with Gasteiger partial charge in [-0.25, -0.2) is 9.97 Å². The third-order valence-corrected chi connectivity index (χ3v) is 5.31. The summed E-state index contributed by atoms with van der Waals surface area (Å²) in [5.74, 6) is 0.683. The van der Waals surface area contributed by atoms with Gasteiger partial charge in [-0.2, -0.15) is 0 Å². The Bertz CT molecular complexity index is 862. The first-order chi connectivity index (χ1) is 11.7. The second kappa shape index (κ2) is 6.17. The Morgan fingerprint density at radius 2 is 2.04 bits per heavy atom. The quantitative estimate of drug-likeness (QED) is 0.724. The maximum atomic E-state index is 13.1. The molecule has 5 heteroatoms. The van der Waals surface area contributed by atoms with Crippen LogP contribution in [0.5, 0.6) is 0 Å². The molecule has 2 aromatic heterocycles. The summed E-state index contributed by atoms with van der Waals surface area (Å²) in [5.41, 5.74) is 2.23. The lowest BCUT2D eigenvalue weighted by atomic mass is 9.98. The van der Waals surface area contributed by atoms with E-state index in [0.717, 1.165) is 18.5 Å². The van der Waals surface area contributed by atoms with E-state index in [1.54, 1.807) is 17.5 Å². The molecule has 4 rings (SSSR count). The number of amides is 1. The van der Waals surface area contributed by atoms with Gasteiger partial charge in [0.05, 0.1) is 17.3 Å². The molecule has 1 saturated heterocycles. The van der Waals surface area contributed by atoms with Gasteiger partial charge in [0.25, 0.3) is 5.91 Å². The molecule has 0 N–H and O–H groups in total. The molecule has 24 heavy (non-hydrogen) atoms. The number of likely N-dealkylation sites (tertiary alicyclic amines) is 1. The molecule has 0 radical (unpaired) electrons. The van der Waals surface area contributed by atoms with Crippen LogP contribution < -0.4 is 0 Å². The molecule has 1 aliphatic rings. The summed E-state index contributed by atoms with van der Waals surface area (Å²) in [5, 5.41) is 2.06. The van der Waals surface area contributed by atoms with Crippen LogP contribution in [0.2, 0.25) is 0 Å². The van der Waals surface area contributed by atoms with Crippen LogP contribution in [-0.2, 0) is 0 Å².